The second-order valence-corrected chi connectivity index (χ2v) is 8.51. The zero-order valence-corrected chi connectivity index (χ0v) is 20.8. The predicted octanol–water partition coefficient (Wildman–Crippen LogP) is 6.59. The van der Waals surface area contributed by atoms with Gasteiger partial charge >= 0.3 is 0 Å². The topological polar surface area (TPSA) is 56.6 Å². The first-order valence-electron chi connectivity index (χ1n) is 11.5. The predicted molar refractivity (Wildman–Crippen MR) is 138 cm³/mol. The van der Waals surface area contributed by atoms with Crippen LogP contribution in [-0.4, -0.2) is 34.2 Å². The Balaban J connectivity index is 1.76. The van der Waals surface area contributed by atoms with Crippen LogP contribution in [0.1, 0.15) is 29.3 Å². The van der Waals surface area contributed by atoms with Crippen LogP contribution in [0.4, 0.5) is 0 Å². The molecule has 4 aromatic rings. The molecule has 1 aromatic heterocycles. The van der Waals surface area contributed by atoms with Crippen LogP contribution in [0.5, 0.6) is 17.4 Å². The fraction of sp³-hybridized carbons (Fsp3) is 0.214. The second-order valence-electron chi connectivity index (χ2n) is 8.11. The molecule has 0 fully saturated rings. The van der Waals surface area contributed by atoms with Gasteiger partial charge in [-0.05, 0) is 42.8 Å². The molecular formula is C28H28ClN3O3. The Morgan fingerprint density at radius 1 is 0.971 bits per heavy atom. The Kier molecular flexibility index (Phi) is 7.73. The molecule has 0 aliphatic carbocycles. The number of carbonyl (C=O) groups excluding carboxylic acids is 1. The van der Waals surface area contributed by atoms with Gasteiger partial charge in [-0.2, -0.15) is 5.10 Å². The Morgan fingerprint density at radius 3 is 2.29 bits per heavy atom. The monoisotopic (exact) mass is 489 g/mol. The van der Waals surface area contributed by atoms with E-state index in [1.165, 1.54) is 0 Å². The lowest BCUT2D eigenvalue weighted by molar-refractivity contribution is 0.0742. The molecule has 7 heteroatoms. The van der Waals surface area contributed by atoms with Crippen LogP contribution < -0.4 is 9.47 Å². The van der Waals surface area contributed by atoms with Crippen LogP contribution in [0.15, 0.2) is 78.9 Å². The number of halogens is 1. The summed E-state index contributed by atoms with van der Waals surface area (Å²) in [5.74, 6) is 1.83. The summed E-state index contributed by atoms with van der Waals surface area (Å²) in [6.07, 6.45) is 0.797. The number of hydrogen-bond donors (Lipinski definition) is 0. The average Bonchev–Trinajstić information content (AvgIpc) is 3.19. The van der Waals surface area contributed by atoms with Gasteiger partial charge in [-0.1, -0.05) is 61.0 Å². The van der Waals surface area contributed by atoms with Crippen LogP contribution in [0.3, 0.4) is 0 Å². The zero-order valence-electron chi connectivity index (χ0n) is 20.1. The molecule has 180 valence electrons. The molecule has 0 spiro atoms. The van der Waals surface area contributed by atoms with E-state index >= 15 is 0 Å². The van der Waals surface area contributed by atoms with E-state index in [1.54, 1.807) is 28.8 Å². The Labute approximate surface area is 210 Å². The van der Waals surface area contributed by atoms with Crippen molar-refractivity contribution in [1.82, 2.24) is 14.7 Å². The maximum absolute atomic E-state index is 13.5. The molecule has 0 N–H and O–H groups in total. The van der Waals surface area contributed by atoms with Gasteiger partial charge in [-0.15, -0.1) is 0 Å². The number of rotatable bonds is 9. The Bertz CT molecular complexity index is 1290. The number of aryl methyl sites for hydroxylation is 1. The summed E-state index contributed by atoms with van der Waals surface area (Å²) in [6.45, 7) is 2.93. The summed E-state index contributed by atoms with van der Waals surface area (Å²) >= 11 is 6.36. The van der Waals surface area contributed by atoms with Crippen molar-refractivity contribution >= 4 is 17.5 Å². The maximum atomic E-state index is 13.5. The number of hydrogen-bond acceptors (Lipinski definition) is 4. The third-order valence-electron chi connectivity index (χ3n) is 5.64. The van der Waals surface area contributed by atoms with Crippen LogP contribution in [0.25, 0.3) is 11.3 Å². The normalized spacial score (nSPS) is 10.7. The van der Waals surface area contributed by atoms with Gasteiger partial charge in [0.05, 0.1) is 29.8 Å². The number of amides is 1. The summed E-state index contributed by atoms with van der Waals surface area (Å²) in [6, 6.07) is 24.4. The molecule has 0 unspecified atom stereocenters. The Morgan fingerprint density at radius 2 is 1.63 bits per heavy atom. The van der Waals surface area contributed by atoms with Gasteiger partial charge in [0.25, 0.3) is 5.91 Å². The number of methoxy groups -OCH3 is 1. The Hall–Kier alpha value is -3.77. The van der Waals surface area contributed by atoms with Crippen molar-refractivity contribution in [2.24, 2.45) is 7.05 Å². The van der Waals surface area contributed by atoms with Crippen molar-refractivity contribution < 1.29 is 14.3 Å². The van der Waals surface area contributed by atoms with Crippen LogP contribution in [0.2, 0.25) is 5.02 Å². The highest BCUT2D eigenvalue weighted by Crippen LogP contribution is 2.35. The quantitative estimate of drug-likeness (QED) is 0.266. The molecule has 0 atom stereocenters. The molecule has 0 saturated heterocycles. The SMILES string of the molecule is CCCN(Cc1c(-c2ccccc2)nn(C)c1Oc1ccc(OC)cc1)C(=O)c1ccccc1Cl. The third-order valence-corrected chi connectivity index (χ3v) is 5.97. The first kappa shape index (κ1) is 24.4. The van der Waals surface area contributed by atoms with Crippen molar-refractivity contribution in [3.8, 4) is 28.6 Å². The molecule has 35 heavy (non-hydrogen) atoms. The lowest BCUT2D eigenvalue weighted by Gasteiger charge is -2.23. The first-order chi connectivity index (χ1) is 17.0. The van der Waals surface area contributed by atoms with Crippen LogP contribution in [-0.2, 0) is 13.6 Å². The lowest BCUT2D eigenvalue weighted by atomic mass is 10.1. The van der Waals surface area contributed by atoms with Crippen LogP contribution in [0, 0.1) is 0 Å². The molecule has 1 heterocycles. The van der Waals surface area contributed by atoms with E-state index in [0.29, 0.717) is 35.3 Å². The highest BCUT2D eigenvalue weighted by molar-refractivity contribution is 6.33. The van der Waals surface area contributed by atoms with Gasteiger partial charge in [-0.3, -0.25) is 4.79 Å². The standard InChI is InChI=1S/C28H28ClN3O3/c1-4-18-32(27(33)23-12-8-9-13-25(23)29)19-24-26(20-10-6-5-7-11-20)30-31(2)28(24)35-22-16-14-21(34-3)15-17-22/h5-17H,4,18-19H2,1-3H3. The van der Waals surface area contributed by atoms with Gasteiger partial charge in [0.15, 0.2) is 0 Å². The van der Waals surface area contributed by atoms with Crippen LogP contribution >= 0.6 is 11.6 Å². The van der Waals surface area contributed by atoms with E-state index < -0.39 is 0 Å². The summed E-state index contributed by atoms with van der Waals surface area (Å²) in [7, 11) is 3.47. The molecule has 0 aliphatic rings. The number of carbonyl (C=O) groups is 1. The van der Waals surface area contributed by atoms with Gasteiger partial charge in [0.1, 0.15) is 17.2 Å². The van der Waals surface area contributed by atoms with E-state index in [2.05, 4.69) is 0 Å². The fourth-order valence-electron chi connectivity index (χ4n) is 3.92. The minimum absolute atomic E-state index is 0.129. The molecule has 0 bridgehead atoms. The smallest absolute Gasteiger partial charge is 0.255 e. The molecule has 4 rings (SSSR count). The molecule has 0 aliphatic heterocycles. The molecule has 0 saturated carbocycles. The highest BCUT2D eigenvalue weighted by Gasteiger charge is 2.25. The molecule has 3 aromatic carbocycles. The lowest BCUT2D eigenvalue weighted by Crippen LogP contribution is -2.31. The van der Waals surface area contributed by atoms with Crippen molar-refractivity contribution in [3.05, 3.63) is 95.0 Å². The second kappa shape index (κ2) is 11.1. The highest BCUT2D eigenvalue weighted by atomic mass is 35.5. The molecular weight excluding hydrogens is 462 g/mol. The number of ether oxygens (including phenoxy) is 2. The number of nitrogens with zero attached hydrogens (tertiary/aromatic N) is 3. The van der Waals surface area contributed by atoms with Gasteiger partial charge in [-0.25, -0.2) is 4.68 Å². The van der Waals surface area contributed by atoms with Crippen molar-refractivity contribution in [1.29, 1.82) is 0 Å². The van der Waals surface area contributed by atoms with E-state index in [9.17, 15) is 4.79 Å². The van der Waals surface area contributed by atoms with E-state index in [-0.39, 0.29) is 5.91 Å². The van der Waals surface area contributed by atoms with E-state index in [1.807, 2.05) is 80.7 Å². The van der Waals surface area contributed by atoms with E-state index in [0.717, 1.165) is 29.0 Å². The zero-order chi connectivity index (χ0) is 24.8. The van der Waals surface area contributed by atoms with Crippen molar-refractivity contribution in [3.63, 3.8) is 0 Å². The maximum Gasteiger partial charge on any atom is 0.255 e. The minimum Gasteiger partial charge on any atom is -0.497 e. The number of benzene rings is 3. The summed E-state index contributed by atoms with van der Waals surface area (Å²) in [5.41, 5.74) is 3.02. The van der Waals surface area contributed by atoms with Gasteiger partial charge < -0.3 is 14.4 Å². The van der Waals surface area contributed by atoms with Gasteiger partial charge in [0, 0.05) is 19.2 Å². The molecule has 0 radical (unpaired) electrons. The molecule has 6 nitrogen and oxygen atoms in total. The average molecular weight is 490 g/mol. The molecule has 1 amide bonds. The third kappa shape index (κ3) is 5.49. The van der Waals surface area contributed by atoms with Crippen molar-refractivity contribution in [2.45, 2.75) is 19.9 Å². The van der Waals surface area contributed by atoms with Crippen molar-refractivity contribution in [2.75, 3.05) is 13.7 Å². The van der Waals surface area contributed by atoms with E-state index in [4.69, 9.17) is 26.2 Å². The summed E-state index contributed by atoms with van der Waals surface area (Å²) < 4.78 is 13.3. The first-order valence-corrected chi connectivity index (χ1v) is 11.9. The fourth-order valence-corrected chi connectivity index (χ4v) is 4.14. The largest absolute Gasteiger partial charge is 0.497 e. The van der Waals surface area contributed by atoms with Gasteiger partial charge in [0.2, 0.25) is 5.88 Å². The number of aromatic nitrogens is 2. The minimum atomic E-state index is -0.129. The summed E-state index contributed by atoms with van der Waals surface area (Å²) in [5, 5.41) is 5.21. The summed E-state index contributed by atoms with van der Waals surface area (Å²) in [4.78, 5) is 15.3.